The fourth-order valence-electron chi connectivity index (χ4n) is 0.953. The molecule has 0 fully saturated rings. The lowest BCUT2D eigenvalue weighted by Gasteiger charge is -1.98. The minimum Gasteiger partial charge on any atom is -0.258 e. The first-order valence-corrected chi connectivity index (χ1v) is 4.01. The molecule has 1 rings (SSSR count). The van der Waals surface area contributed by atoms with Gasteiger partial charge in [0, 0.05) is 17.8 Å². The summed E-state index contributed by atoms with van der Waals surface area (Å²) in [6, 6.07) is 6.00. The molecular weight excluding hydrogens is 154 g/mol. The lowest BCUT2D eigenvalue weighted by Crippen LogP contribution is -1.97. The Kier molecular flexibility index (Phi) is 2.71. The van der Waals surface area contributed by atoms with Crippen LogP contribution in [0.25, 0.3) is 0 Å². The zero-order valence-corrected chi connectivity index (χ0v) is 7.61. The van der Waals surface area contributed by atoms with Gasteiger partial charge in [0.2, 0.25) is 0 Å². The molecule has 0 unspecified atom stereocenters. The third kappa shape index (κ3) is 2.76. The van der Waals surface area contributed by atoms with E-state index in [0.717, 1.165) is 22.7 Å². The highest BCUT2D eigenvalue weighted by molar-refractivity contribution is 7.80. The van der Waals surface area contributed by atoms with Crippen LogP contribution in [0.2, 0.25) is 0 Å². The highest BCUT2D eigenvalue weighted by Gasteiger charge is 1.94. The second-order valence-corrected chi connectivity index (χ2v) is 3.35. The van der Waals surface area contributed by atoms with Gasteiger partial charge in [-0.2, -0.15) is 0 Å². The minimum atomic E-state index is 0.816. The summed E-state index contributed by atoms with van der Waals surface area (Å²) in [7, 11) is 0. The van der Waals surface area contributed by atoms with E-state index in [1.807, 2.05) is 32.0 Å². The summed E-state index contributed by atoms with van der Waals surface area (Å²) in [5, 5.41) is 0. The summed E-state index contributed by atoms with van der Waals surface area (Å²) in [6.45, 7) is 3.93. The molecule has 0 aliphatic heterocycles. The van der Waals surface area contributed by atoms with Crippen LogP contribution in [-0.2, 0) is 6.42 Å². The number of aromatic nitrogens is 1. The van der Waals surface area contributed by atoms with E-state index in [0.29, 0.717) is 0 Å². The van der Waals surface area contributed by atoms with Crippen LogP contribution >= 0.6 is 12.2 Å². The molecule has 1 aromatic rings. The van der Waals surface area contributed by atoms with Gasteiger partial charge in [0.1, 0.15) is 0 Å². The zero-order chi connectivity index (χ0) is 8.27. The van der Waals surface area contributed by atoms with Crippen LogP contribution in [0.4, 0.5) is 0 Å². The van der Waals surface area contributed by atoms with E-state index in [1.165, 1.54) is 0 Å². The van der Waals surface area contributed by atoms with Crippen LogP contribution in [0.3, 0.4) is 0 Å². The van der Waals surface area contributed by atoms with Gasteiger partial charge in [-0.05, 0) is 30.8 Å². The van der Waals surface area contributed by atoms with Crippen molar-refractivity contribution >= 4 is 17.1 Å². The molecule has 0 atom stereocenters. The molecule has 1 heterocycles. The Bertz CT molecular complexity index is 268. The normalized spacial score (nSPS) is 9.64. The van der Waals surface area contributed by atoms with E-state index in [1.54, 1.807) is 0 Å². The van der Waals surface area contributed by atoms with Crippen LogP contribution in [0.1, 0.15) is 18.3 Å². The second-order valence-electron chi connectivity index (χ2n) is 2.65. The molecule has 0 radical (unpaired) electrons. The molecule has 0 saturated carbocycles. The second kappa shape index (κ2) is 3.58. The molecule has 0 aromatic carbocycles. The molecule has 1 nitrogen and oxygen atoms in total. The lowest BCUT2D eigenvalue weighted by molar-refractivity contribution is 1.09. The Hall–Kier alpha value is -0.760. The maximum absolute atomic E-state index is 4.98. The van der Waals surface area contributed by atoms with Gasteiger partial charge < -0.3 is 0 Å². The van der Waals surface area contributed by atoms with Crippen molar-refractivity contribution in [3.63, 3.8) is 0 Å². The first-order valence-electron chi connectivity index (χ1n) is 3.60. The van der Waals surface area contributed by atoms with Crippen LogP contribution in [0.15, 0.2) is 18.2 Å². The minimum absolute atomic E-state index is 0.816. The number of hydrogen-bond acceptors (Lipinski definition) is 2. The summed E-state index contributed by atoms with van der Waals surface area (Å²) in [5.41, 5.74) is 2.12. The van der Waals surface area contributed by atoms with Crippen LogP contribution < -0.4 is 0 Å². The summed E-state index contributed by atoms with van der Waals surface area (Å²) in [4.78, 5) is 5.31. The molecule has 0 N–H and O–H groups in total. The number of pyridine rings is 1. The van der Waals surface area contributed by atoms with Crippen molar-refractivity contribution < 1.29 is 0 Å². The van der Waals surface area contributed by atoms with Gasteiger partial charge in [0.25, 0.3) is 0 Å². The van der Waals surface area contributed by atoms with Gasteiger partial charge in [-0.15, -0.1) is 0 Å². The van der Waals surface area contributed by atoms with E-state index >= 15 is 0 Å². The molecule has 58 valence electrons. The van der Waals surface area contributed by atoms with Gasteiger partial charge in [-0.3, -0.25) is 4.98 Å². The van der Waals surface area contributed by atoms with Crippen molar-refractivity contribution in [3.05, 3.63) is 29.6 Å². The van der Waals surface area contributed by atoms with Crippen molar-refractivity contribution in [1.29, 1.82) is 0 Å². The summed E-state index contributed by atoms with van der Waals surface area (Å²) >= 11 is 4.98. The van der Waals surface area contributed by atoms with Gasteiger partial charge >= 0.3 is 0 Å². The third-order valence-electron chi connectivity index (χ3n) is 1.38. The molecular formula is C9H11NS. The summed E-state index contributed by atoms with van der Waals surface area (Å²) in [5.74, 6) is 0. The molecule has 1 aromatic heterocycles. The van der Waals surface area contributed by atoms with Crippen molar-refractivity contribution in [2.45, 2.75) is 20.3 Å². The Morgan fingerprint density at radius 2 is 2.27 bits per heavy atom. The zero-order valence-electron chi connectivity index (χ0n) is 6.79. The van der Waals surface area contributed by atoms with Crippen molar-refractivity contribution in [2.75, 3.05) is 0 Å². The Morgan fingerprint density at radius 1 is 1.55 bits per heavy atom. The predicted octanol–water partition coefficient (Wildman–Crippen LogP) is 2.32. The predicted molar refractivity (Wildman–Crippen MR) is 51.0 cm³/mol. The fourth-order valence-corrected chi connectivity index (χ4v) is 1.10. The van der Waals surface area contributed by atoms with Crippen molar-refractivity contribution in [3.8, 4) is 0 Å². The topological polar surface area (TPSA) is 12.9 Å². The van der Waals surface area contributed by atoms with E-state index < -0.39 is 0 Å². The SMILES string of the molecule is CC(=S)Cc1cccc(C)n1. The van der Waals surface area contributed by atoms with Crippen LogP contribution in [-0.4, -0.2) is 9.85 Å². The Balaban J connectivity index is 2.79. The molecule has 0 aliphatic rings. The van der Waals surface area contributed by atoms with E-state index in [-0.39, 0.29) is 0 Å². The largest absolute Gasteiger partial charge is 0.258 e. The van der Waals surface area contributed by atoms with Gasteiger partial charge in [0.15, 0.2) is 0 Å². The van der Waals surface area contributed by atoms with Crippen molar-refractivity contribution in [1.82, 2.24) is 4.98 Å². The Labute approximate surface area is 72.5 Å². The highest BCUT2D eigenvalue weighted by Crippen LogP contribution is 1.99. The van der Waals surface area contributed by atoms with Crippen molar-refractivity contribution in [2.24, 2.45) is 0 Å². The van der Waals surface area contributed by atoms with Gasteiger partial charge in [-0.1, -0.05) is 18.3 Å². The first-order chi connectivity index (χ1) is 5.18. The first kappa shape index (κ1) is 8.34. The fraction of sp³-hybridized carbons (Fsp3) is 0.333. The van der Waals surface area contributed by atoms with E-state index in [9.17, 15) is 0 Å². The maximum atomic E-state index is 4.98. The lowest BCUT2D eigenvalue weighted by atomic mass is 10.2. The molecule has 0 amide bonds. The third-order valence-corrected chi connectivity index (χ3v) is 1.52. The number of aryl methyl sites for hydroxylation is 1. The quantitative estimate of drug-likeness (QED) is 0.624. The smallest absolute Gasteiger partial charge is 0.0455 e. The highest BCUT2D eigenvalue weighted by atomic mass is 32.1. The molecule has 0 bridgehead atoms. The molecule has 0 aliphatic carbocycles. The van der Waals surface area contributed by atoms with E-state index in [2.05, 4.69) is 4.98 Å². The van der Waals surface area contributed by atoms with Gasteiger partial charge in [-0.25, -0.2) is 0 Å². The monoisotopic (exact) mass is 165 g/mol. The maximum Gasteiger partial charge on any atom is 0.0455 e. The Morgan fingerprint density at radius 3 is 2.82 bits per heavy atom. The number of hydrogen-bond donors (Lipinski definition) is 0. The molecule has 11 heavy (non-hydrogen) atoms. The molecule has 0 spiro atoms. The standard InChI is InChI=1S/C9H11NS/c1-7-4-3-5-9(10-7)6-8(2)11/h3-5H,6H2,1-2H3. The van der Waals surface area contributed by atoms with Gasteiger partial charge in [0.05, 0.1) is 0 Å². The number of thiocarbonyl (C=S) groups is 1. The molecule has 0 saturated heterocycles. The summed E-state index contributed by atoms with van der Waals surface area (Å²) < 4.78 is 0. The average molecular weight is 165 g/mol. The average Bonchev–Trinajstić information content (AvgIpc) is 1.85. The van der Waals surface area contributed by atoms with Crippen LogP contribution in [0.5, 0.6) is 0 Å². The number of nitrogens with zero attached hydrogens (tertiary/aromatic N) is 1. The van der Waals surface area contributed by atoms with Crippen LogP contribution in [0, 0.1) is 6.92 Å². The number of rotatable bonds is 2. The summed E-state index contributed by atoms with van der Waals surface area (Å²) in [6.07, 6.45) is 0.816. The van der Waals surface area contributed by atoms with E-state index in [4.69, 9.17) is 12.2 Å². The molecule has 2 heteroatoms.